The quantitative estimate of drug-likeness (QED) is 0.599. The van der Waals surface area contributed by atoms with E-state index in [0.29, 0.717) is 11.5 Å². The Labute approximate surface area is 143 Å². The Kier molecular flexibility index (Phi) is 3.51. The highest BCUT2D eigenvalue weighted by molar-refractivity contribution is 5.80. The van der Waals surface area contributed by atoms with Gasteiger partial charge in [-0.25, -0.2) is 9.97 Å². The molecule has 0 amide bonds. The van der Waals surface area contributed by atoms with Gasteiger partial charge in [0.1, 0.15) is 11.5 Å². The number of rotatable bonds is 3. The highest BCUT2D eigenvalue weighted by Crippen LogP contribution is 2.22. The monoisotopic (exact) mass is 335 g/mol. The van der Waals surface area contributed by atoms with Crippen LogP contribution in [0.1, 0.15) is 11.1 Å². The van der Waals surface area contributed by atoms with Crippen molar-refractivity contribution in [1.29, 1.82) is 0 Å². The lowest BCUT2D eigenvalue weighted by Crippen LogP contribution is -2.22. The molecule has 0 fully saturated rings. The van der Waals surface area contributed by atoms with E-state index in [1.807, 2.05) is 48.9 Å². The van der Waals surface area contributed by atoms with E-state index in [4.69, 9.17) is 0 Å². The number of aromatic nitrogens is 4. The Morgan fingerprint density at radius 1 is 1.24 bits per heavy atom. The van der Waals surface area contributed by atoms with Crippen LogP contribution in [0.4, 0.5) is 11.5 Å². The fourth-order valence-electron chi connectivity index (χ4n) is 2.86. The summed E-state index contributed by atoms with van der Waals surface area (Å²) < 4.78 is 3.35. The van der Waals surface area contributed by atoms with Crippen LogP contribution in [0.5, 0.6) is 0 Å². The van der Waals surface area contributed by atoms with Crippen molar-refractivity contribution in [1.82, 2.24) is 18.9 Å². The molecule has 4 rings (SSSR count). The van der Waals surface area contributed by atoms with Crippen LogP contribution in [-0.2, 0) is 13.7 Å². The van der Waals surface area contributed by atoms with Gasteiger partial charge in [-0.2, -0.15) is 0 Å². The van der Waals surface area contributed by atoms with Crippen molar-refractivity contribution < 1.29 is 5.11 Å². The zero-order chi connectivity index (χ0) is 17.6. The van der Waals surface area contributed by atoms with Crippen LogP contribution in [0.3, 0.4) is 0 Å². The first-order valence-electron chi connectivity index (χ1n) is 7.87. The zero-order valence-corrected chi connectivity index (χ0v) is 13.9. The number of hydrogen-bond acceptors (Lipinski definition) is 5. The largest absolute Gasteiger partial charge is 0.391 e. The van der Waals surface area contributed by atoms with Crippen LogP contribution >= 0.6 is 0 Å². The number of aliphatic hydroxyl groups excluding tert-OH is 1. The number of aryl methyl sites for hydroxylation is 2. The lowest BCUT2D eigenvalue weighted by atomic mass is 10.2. The molecule has 3 heterocycles. The molecule has 0 unspecified atom stereocenters. The summed E-state index contributed by atoms with van der Waals surface area (Å²) >= 11 is 0. The molecular formula is C18H17N5O2. The molecule has 0 saturated heterocycles. The van der Waals surface area contributed by atoms with E-state index in [-0.39, 0.29) is 17.7 Å². The minimum absolute atomic E-state index is 0.228. The summed E-state index contributed by atoms with van der Waals surface area (Å²) in [6.07, 6.45) is 3.42. The van der Waals surface area contributed by atoms with E-state index in [9.17, 15) is 9.90 Å². The summed E-state index contributed by atoms with van der Waals surface area (Å²) in [6.45, 7) is 1.55. The van der Waals surface area contributed by atoms with Gasteiger partial charge in [-0.15, -0.1) is 0 Å². The van der Waals surface area contributed by atoms with E-state index in [2.05, 4.69) is 15.3 Å². The number of pyridine rings is 1. The first-order valence-corrected chi connectivity index (χ1v) is 7.87. The third-order valence-corrected chi connectivity index (χ3v) is 4.23. The van der Waals surface area contributed by atoms with Gasteiger partial charge in [0.15, 0.2) is 0 Å². The summed E-state index contributed by atoms with van der Waals surface area (Å²) in [7, 11) is 1.92. The zero-order valence-electron chi connectivity index (χ0n) is 13.9. The van der Waals surface area contributed by atoms with Gasteiger partial charge in [0.05, 0.1) is 29.5 Å². The molecule has 0 radical (unpaired) electrons. The molecule has 0 spiro atoms. The molecular weight excluding hydrogens is 318 g/mol. The van der Waals surface area contributed by atoms with Gasteiger partial charge in [-0.05, 0) is 42.8 Å². The second-order valence-corrected chi connectivity index (χ2v) is 6.02. The van der Waals surface area contributed by atoms with Crippen molar-refractivity contribution in [2.75, 3.05) is 5.32 Å². The first kappa shape index (κ1) is 15.3. The van der Waals surface area contributed by atoms with Crippen molar-refractivity contribution in [2.45, 2.75) is 13.5 Å². The minimum atomic E-state index is -0.390. The van der Waals surface area contributed by atoms with Crippen molar-refractivity contribution in [3.05, 3.63) is 64.3 Å². The van der Waals surface area contributed by atoms with Crippen LogP contribution in [0.25, 0.3) is 16.7 Å². The van der Waals surface area contributed by atoms with E-state index in [0.717, 1.165) is 22.3 Å². The number of anilines is 2. The smallest absolute Gasteiger partial charge is 0.265 e. The number of nitrogens with one attached hydrogen (secondary N) is 1. The average Bonchev–Trinajstić information content (AvgIpc) is 2.96. The van der Waals surface area contributed by atoms with Gasteiger partial charge < -0.3 is 15.0 Å². The molecule has 0 aliphatic rings. The second kappa shape index (κ2) is 5.71. The average molecular weight is 335 g/mol. The molecule has 3 aromatic heterocycles. The molecule has 7 heteroatoms. The number of nitrogens with zero attached hydrogens (tertiary/aromatic N) is 4. The van der Waals surface area contributed by atoms with E-state index in [1.165, 1.54) is 4.40 Å². The molecule has 1 aromatic carbocycles. The summed E-state index contributed by atoms with van der Waals surface area (Å²) in [5.74, 6) is 0.361. The highest BCUT2D eigenvalue weighted by Gasteiger charge is 2.13. The van der Waals surface area contributed by atoms with Crippen LogP contribution in [-0.4, -0.2) is 24.0 Å². The molecule has 0 atom stereocenters. The fraction of sp³-hybridized carbons (Fsp3) is 0.167. The van der Waals surface area contributed by atoms with Gasteiger partial charge in [0.2, 0.25) is 0 Å². The summed E-state index contributed by atoms with van der Waals surface area (Å²) in [6, 6.07) is 9.37. The number of hydrogen-bond donors (Lipinski definition) is 2. The Bertz CT molecular complexity index is 1160. The van der Waals surface area contributed by atoms with Gasteiger partial charge in [-0.1, -0.05) is 0 Å². The van der Waals surface area contributed by atoms with Gasteiger partial charge in [0, 0.05) is 18.9 Å². The second-order valence-electron chi connectivity index (χ2n) is 6.02. The maximum Gasteiger partial charge on any atom is 0.265 e. The standard InChI is InChI=1S/C18H17N5O2/c1-11-5-6-23-16(7-11)21-17(13(9-24)18(23)25)20-12-3-4-14-15(8-12)22(2)10-19-14/h3-8,10,20,24H,9H2,1-2H3. The summed E-state index contributed by atoms with van der Waals surface area (Å²) in [5.41, 5.74) is 4.11. The molecule has 126 valence electrons. The van der Waals surface area contributed by atoms with Crippen molar-refractivity contribution in [3.63, 3.8) is 0 Å². The summed E-state index contributed by atoms with van der Waals surface area (Å²) in [4.78, 5) is 21.4. The number of aliphatic hydroxyl groups is 1. The molecule has 0 aliphatic heterocycles. The number of benzene rings is 1. The molecule has 0 bridgehead atoms. The van der Waals surface area contributed by atoms with E-state index >= 15 is 0 Å². The van der Waals surface area contributed by atoms with E-state index < -0.39 is 0 Å². The van der Waals surface area contributed by atoms with Crippen LogP contribution in [0.15, 0.2) is 47.7 Å². The van der Waals surface area contributed by atoms with Crippen LogP contribution in [0.2, 0.25) is 0 Å². The van der Waals surface area contributed by atoms with Crippen molar-refractivity contribution in [3.8, 4) is 0 Å². The third kappa shape index (κ3) is 2.54. The molecule has 7 nitrogen and oxygen atoms in total. The Hall–Kier alpha value is -3.19. The topological polar surface area (TPSA) is 84.5 Å². The predicted octanol–water partition coefficient (Wildman–Crippen LogP) is 2.13. The van der Waals surface area contributed by atoms with Gasteiger partial charge in [0.25, 0.3) is 5.56 Å². The molecule has 4 aromatic rings. The van der Waals surface area contributed by atoms with Crippen LogP contribution < -0.4 is 10.9 Å². The molecule has 25 heavy (non-hydrogen) atoms. The van der Waals surface area contributed by atoms with Gasteiger partial charge >= 0.3 is 0 Å². The number of fused-ring (bicyclic) bond motifs is 2. The molecule has 0 aliphatic carbocycles. The number of imidazole rings is 1. The highest BCUT2D eigenvalue weighted by atomic mass is 16.3. The van der Waals surface area contributed by atoms with Crippen molar-refractivity contribution >= 4 is 28.2 Å². The Morgan fingerprint density at radius 2 is 2.08 bits per heavy atom. The van der Waals surface area contributed by atoms with E-state index in [1.54, 1.807) is 12.5 Å². The maximum absolute atomic E-state index is 12.6. The fourth-order valence-corrected chi connectivity index (χ4v) is 2.86. The maximum atomic E-state index is 12.6. The Balaban J connectivity index is 1.86. The summed E-state index contributed by atoms with van der Waals surface area (Å²) in [5, 5.41) is 12.8. The SMILES string of the molecule is Cc1ccn2c(=O)c(CO)c(Nc3ccc4ncn(C)c4c3)nc2c1. The third-order valence-electron chi connectivity index (χ3n) is 4.23. The normalized spacial score (nSPS) is 11.3. The predicted molar refractivity (Wildman–Crippen MR) is 96.1 cm³/mol. The lowest BCUT2D eigenvalue weighted by Gasteiger charge is -2.12. The molecule has 0 saturated carbocycles. The lowest BCUT2D eigenvalue weighted by molar-refractivity contribution is 0.280. The Morgan fingerprint density at radius 3 is 2.88 bits per heavy atom. The first-order chi connectivity index (χ1) is 12.1. The van der Waals surface area contributed by atoms with Gasteiger partial charge in [-0.3, -0.25) is 9.20 Å². The molecule has 2 N–H and O–H groups in total. The van der Waals surface area contributed by atoms with Crippen LogP contribution in [0, 0.1) is 6.92 Å². The van der Waals surface area contributed by atoms with Crippen molar-refractivity contribution in [2.24, 2.45) is 7.05 Å². The minimum Gasteiger partial charge on any atom is -0.391 e.